The second kappa shape index (κ2) is 9.47. The molecule has 4 N–H and O–H groups in total. The molecule has 0 aliphatic carbocycles. The van der Waals surface area contributed by atoms with Crippen LogP contribution >= 0.6 is 11.3 Å². The molecule has 2 aromatic heterocycles. The maximum absolute atomic E-state index is 12.7. The van der Waals surface area contributed by atoms with Gasteiger partial charge in [-0.25, -0.2) is 23.3 Å². The normalized spacial score (nSPS) is 13.3. The van der Waals surface area contributed by atoms with E-state index in [9.17, 15) is 26.4 Å². The summed E-state index contributed by atoms with van der Waals surface area (Å²) in [5, 5.41) is 17.1. The highest BCUT2D eigenvalue weighted by molar-refractivity contribution is 7.89. The number of hydrogen-bond acceptors (Lipinski definition) is 9. The zero-order valence-corrected chi connectivity index (χ0v) is 19.6. The molecule has 1 aliphatic rings. The number of aliphatic carboxylic acids is 1. The van der Waals surface area contributed by atoms with Gasteiger partial charge in [-0.1, -0.05) is 0 Å². The van der Waals surface area contributed by atoms with Crippen LogP contribution in [0.5, 0.6) is 0 Å². The number of fused-ring (bicyclic) bond motifs is 2. The van der Waals surface area contributed by atoms with Gasteiger partial charge < -0.3 is 20.2 Å². The van der Waals surface area contributed by atoms with Crippen LogP contribution in [0.25, 0.3) is 0 Å². The van der Waals surface area contributed by atoms with E-state index < -0.39 is 22.2 Å². The second-order valence-electron chi connectivity index (χ2n) is 6.96. The number of sulfonamides is 1. The van der Waals surface area contributed by atoms with Gasteiger partial charge in [0.2, 0.25) is 16.0 Å². The average Bonchev–Trinajstić information content (AvgIpc) is 3.24. The van der Waals surface area contributed by atoms with E-state index in [0.29, 0.717) is 28.0 Å². The maximum Gasteiger partial charge on any atom is 0.490 e. The highest BCUT2D eigenvalue weighted by Crippen LogP contribution is 2.40. The van der Waals surface area contributed by atoms with E-state index >= 15 is 0 Å². The lowest BCUT2D eigenvalue weighted by molar-refractivity contribution is -0.192. The van der Waals surface area contributed by atoms with Crippen molar-refractivity contribution in [3.63, 3.8) is 0 Å². The molecule has 0 radical (unpaired) electrons. The van der Waals surface area contributed by atoms with Crippen LogP contribution in [0.2, 0.25) is 0 Å². The number of aromatic nitrogens is 2. The number of nitrogens with zero attached hydrogens (tertiary/aromatic N) is 4. The molecule has 16 heteroatoms. The minimum Gasteiger partial charge on any atom is -0.475 e. The number of alkyl halides is 3. The monoisotopic (exact) mass is 530 g/mol. The van der Waals surface area contributed by atoms with Gasteiger partial charge in [-0.15, -0.1) is 11.3 Å². The number of halogens is 3. The predicted molar refractivity (Wildman–Crippen MR) is 122 cm³/mol. The molecule has 1 aromatic carbocycles. The van der Waals surface area contributed by atoms with E-state index in [1.165, 1.54) is 28.4 Å². The van der Waals surface area contributed by atoms with E-state index in [1.54, 1.807) is 25.4 Å². The van der Waals surface area contributed by atoms with Crippen LogP contribution in [-0.2, 0) is 14.8 Å². The quantitative estimate of drug-likeness (QED) is 0.463. The van der Waals surface area contributed by atoms with Crippen LogP contribution in [0.4, 0.5) is 42.0 Å². The molecular weight excluding hydrogens is 513 g/mol. The number of carbonyl (C=O) groups is 2. The first-order chi connectivity index (χ1) is 16.2. The minimum atomic E-state index is -5.08. The van der Waals surface area contributed by atoms with Crippen LogP contribution in [0.1, 0.15) is 9.67 Å². The van der Waals surface area contributed by atoms with E-state index in [-0.39, 0.29) is 10.8 Å². The van der Waals surface area contributed by atoms with Crippen LogP contribution in [0.15, 0.2) is 46.8 Å². The molecule has 1 aliphatic heterocycles. The molecule has 0 atom stereocenters. The molecule has 0 saturated carbocycles. The minimum absolute atomic E-state index is 0.0192. The predicted octanol–water partition coefficient (Wildman–Crippen LogP) is 2.92. The Morgan fingerprint density at radius 1 is 1.11 bits per heavy atom. The molecule has 0 bridgehead atoms. The Labute approximate surface area is 200 Å². The Balaban J connectivity index is 0.000000429. The van der Waals surface area contributed by atoms with Gasteiger partial charge >= 0.3 is 12.1 Å². The summed E-state index contributed by atoms with van der Waals surface area (Å²) in [6, 6.07) is 7.83. The van der Waals surface area contributed by atoms with E-state index in [2.05, 4.69) is 15.3 Å². The molecule has 0 unspecified atom stereocenters. The number of nitrogens with one attached hydrogen (secondary N) is 1. The topological polar surface area (TPSA) is 159 Å². The molecule has 0 spiro atoms. The number of hydrogen-bond donors (Lipinski definition) is 3. The van der Waals surface area contributed by atoms with Crippen molar-refractivity contribution in [1.82, 2.24) is 9.97 Å². The third kappa shape index (κ3) is 5.67. The number of amides is 1. The molecule has 11 nitrogen and oxygen atoms in total. The van der Waals surface area contributed by atoms with Crippen molar-refractivity contribution in [2.75, 3.05) is 29.2 Å². The molecule has 0 fully saturated rings. The van der Waals surface area contributed by atoms with Crippen molar-refractivity contribution in [3.05, 3.63) is 46.8 Å². The van der Waals surface area contributed by atoms with Gasteiger partial charge in [0, 0.05) is 19.8 Å². The Hall–Kier alpha value is -3.76. The molecule has 4 rings (SSSR count). The second-order valence-corrected chi connectivity index (χ2v) is 9.44. The molecule has 3 aromatic rings. The number of carboxylic acids is 1. The zero-order chi connectivity index (χ0) is 26.1. The van der Waals surface area contributed by atoms with Crippen LogP contribution in [0.3, 0.4) is 0 Å². The molecular formula is C19H17F3N6O5S2. The lowest BCUT2D eigenvalue weighted by Gasteiger charge is -2.20. The van der Waals surface area contributed by atoms with E-state index in [4.69, 9.17) is 15.0 Å². The van der Waals surface area contributed by atoms with Gasteiger partial charge in [-0.3, -0.25) is 4.79 Å². The lowest BCUT2D eigenvalue weighted by Crippen LogP contribution is -2.25. The lowest BCUT2D eigenvalue weighted by atomic mass is 10.3. The largest absolute Gasteiger partial charge is 0.490 e. The highest BCUT2D eigenvalue weighted by Gasteiger charge is 2.38. The van der Waals surface area contributed by atoms with E-state index in [1.807, 2.05) is 23.4 Å². The standard InChI is InChI=1S/C17H16N6O3S2.C2HF3O2/c1-22-12-7-8-27-14(12)16(24)23(2)13-9-19-17(21-15(13)22)20-10-3-5-11(6-4-10)28(18,25)26;3-2(4,5)1(6)7/h3-9H,1-2H3,(H2,18,25,26)(H,19,20,21);(H,6,7). The van der Waals surface area contributed by atoms with Crippen molar-refractivity contribution in [3.8, 4) is 0 Å². The summed E-state index contributed by atoms with van der Waals surface area (Å²) in [7, 11) is -0.224. The fourth-order valence-corrected chi connectivity index (χ4v) is 4.28. The first-order valence-electron chi connectivity index (χ1n) is 9.36. The summed E-state index contributed by atoms with van der Waals surface area (Å²) in [6.07, 6.45) is -3.51. The summed E-state index contributed by atoms with van der Waals surface area (Å²) >= 11 is 1.38. The number of rotatable bonds is 3. The molecule has 35 heavy (non-hydrogen) atoms. The first-order valence-corrected chi connectivity index (χ1v) is 11.8. The van der Waals surface area contributed by atoms with Crippen LogP contribution in [0, 0.1) is 0 Å². The van der Waals surface area contributed by atoms with Gasteiger partial charge in [0.25, 0.3) is 5.91 Å². The Morgan fingerprint density at radius 2 is 1.71 bits per heavy atom. The van der Waals surface area contributed by atoms with Crippen molar-refractivity contribution in [2.45, 2.75) is 11.1 Å². The molecule has 0 saturated heterocycles. The SMILES string of the molecule is CN1C(=O)c2sccc2N(C)c2nc(Nc3ccc(S(N)(=O)=O)cc3)ncc21.O=C(O)C(F)(F)F. The summed E-state index contributed by atoms with van der Waals surface area (Å²) in [5.74, 6) is -1.98. The van der Waals surface area contributed by atoms with Gasteiger partial charge in [-0.2, -0.15) is 18.2 Å². The maximum atomic E-state index is 12.7. The Bertz CT molecular complexity index is 1380. The highest BCUT2D eigenvalue weighted by atomic mass is 32.2. The number of thiophene rings is 1. The number of primary sulfonamides is 1. The van der Waals surface area contributed by atoms with Gasteiger partial charge in [0.05, 0.1) is 16.8 Å². The summed E-state index contributed by atoms with van der Waals surface area (Å²) in [4.78, 5) is 34.4. The van der Waals surface area contributed by atoms with Crippen LogP contribution in [-0.4, -0.2) is 55.6 Å². The number of benzene rings is 1. The summed E-state index contributed by atoms with van der Waals surface area (Å²) < 4.78 is 54.5. The van der Waals surface area contributed by atoms with Gasteiger partial charge in [0.15, 0.2) is 5.82 Å². The number of carbonyl (C=O) groups excluding carboxylic acids is 1. The third-order valence-electron chi connectivity index (χ3n) is 4.62. The fourth-order valence-electron chi connectivity index (χ4n) is 2.87. The zero-order valence-electron chi connectivity index (χ0n) is 17.9. The number of anilines is 5. The smallest absolute Gasteiger partial charge is 0.475 e. The van der Waals surface area contributed by atoms with Crippen molar-refractivity contribution >= 4 is 62.1 Å². The van der Waals surface area contributed by atoms with Crippen molar-refractivity contribution in [2.24, 2.45) is 5.14 Å². The van der Waals surface area contributed by atoms with Gasteiger partial charge in [0.1, 0.15) is 10.6 Å². The summed E-state index contributed by atoms with van der Waals surface area (Å²) in [5.41, 5.74) is 1.97. The molecule has 186 valence electrons. The van der Waals surface area contributed by atoms with Crippen LogP contribution < -0.4 is 20.3 Å². The fraction of sp³-hybridized carbons (Fsp3) is 0.158. The molecule has 3 heterocycles. The third-order valence-corrected chi connectivity index (χ3v) is 6.44. The number of carboxylic acid groups (broad SMARTS) is 1. The number of nitrogens with two attached hydrogens (primary N) is 1. The average molecular weight is 531 g/mol. The van der Waals surface area contributed by atoms with Crippen molar-refractivity contribution < 1.29 is 36.3 Å². The summed E-state index contributed by atoms with van der Waals surface area (Å²) in [6.45, 7) is 0. The Kier molecular flexibility index (Phi) is 7.00. The molecule has 1 amide bonds. The Morgan fingerprint density at radius 3 is 2.26 bits per heavy atom. The van der Waals surface area contributed by atoms with E-state index in [0.717, 1.165) is 5.69 Å². The first kappa shape index (κ1) is 25.9. The van der Waals surface area contributed by atoms with Crippen molar-refractivity contribution in [1.29, 1.82) is 0 Å². The van der Waals surface area contributed by atoms with Gasteiger partial charge in [-0.05, 0) is 35.7 Å².